The lowest BCUT2D eigenvalue weighted by Gasteiger charge is -2.07. The van der Waals surface area contributed by atoms with E-state index in [4.69, 9.17) is 4.74 Å². The molecule has 1 unspecified atom stereocenters. The van der Waals surface area contributed by atoms with E-state index in [2.05, 4.69) is 40.7 Å². The second kappa shape index (κ2) is 6.13. The van der Waals surface area contributed by atoms with E-state index in [9.17, 15) is 0 Å². The summed E-state index contributed by atoms with van der Waals surface area (Å²) in [7, 11) is 3.57. The Morgan fingerprint density at radius 1 is 1.35 bits per heavy atom. The standard InChI is InChI=1S/C13H23N6O/c1-10(2)18-8-12(9-20-5)15-19(18)7-11(3)13-6-14-17(4)16-13/h6,8,10-11H,7,9H2,1-5H3/q+1/p+1. The van der Waals surface area contributed by atoms with Gasteiger partial charge in [0, 0.05) is 17.3 Å². The highest BCUT2D eigenvalue weighted by atomic mass is 16.5. The van der Waals surface area contributed by atoms with Gasteiger partial charge < -0.3 is 4.74 Å². The van der Waals surface area contributed by atoms with Gasteiger partial charge in [-0.1, -0.05) is 11.7 Å². The second-order valence-electron chi connectivity index (χ2n) is 5.41. The topological polar surface area (TPSA) is 62.9 Å². The molecule has 7 heteroatoms. The van der Waals surface area contributed by atoms with E-state index in [0.29, 0.717) is 12.6 Å². The summed E-state index contributed by atoms with van der Waals surface area (Å²) >= 11 is 0. The number of nitrogens with one attached hydrogen (secondary N) is 1. The maximum atomic E-state index is 5.16. The normalized spacial score (nSPS) is 13.1. The summed E-state index contributed by atoms with van der Waals surface area (Å²) in [4.78, 5) is 3.71. The van der Waals surface area contributed by atoms with Crippen molar-refractivity contribution in [2.24, 2.45) is 7.05 Å². The van der Waals surface area contributed by atoms with E-state index in [-0.39, 0.29) is 5.92 Å². The Balaban J connectivity index is 2.18. The van der Waals surface area contributed by atoms with Crippen LogP contribution in [0.4, 0.5) is 0 Å². The summed E-state index contributed by atoms with van der Waals surface area (Å²) < 4.78 is 7.30. The summed E-state index contributed by atoms with van der Waals surface area (Å²) in [5.41, 5.74) is 1.98. The Morgan fingerprint density at radius 3 is 2.65 bits per heavy atom. The first kappa shape index (κ1) is 14.6. The van der Waals surface area contributed by atoms with Crippen LogP contribution in [0.3, 0.4) is 0 Å². The fourth-order valence-electron chi connectivity index (χ4n) is 2.18. The molecule has 0 bridgehead atoms. The van der Waals surface area contributed by atoms with Crippen molar-refractivity contribution < 1.29 is 14.5 Å². The monoisotopic (exact) mass is 280 g/mol. The fraction of sp³-hybridized carbons (Fsp3) is 0.692. The summed E-state index contributed by atoms with van der Waals surface area (Å²) in [5, 5.41) is 12.1. The van der Waals surface area contributed by atoms with E-state index < -0.39 is 0 Å². The molecule has 0 aromatic carbocycles. The number of aryl methyl sites for hydroxylation is 1. The lowest BCUT2D eigenvalue weighted by atomic mass is 10.1. The van der Waals surface area contributed by atoms with Crippen molar-refractivity contribution >= 4 is 0 Å². The van der Waals surface area contributed by atoms with Gasteiger partial charge in [0.2, 0.25) is 11.4 Å². The quantitative estimate of drug-likeness (QED) is 0.713. The molecule has 2 aromatic rings. The average Bonchev–Trinajstić information content (AvgIpc) is 2.96. The summed E-state index contributed by atoms with van der Waals surface area (Å²) in [6.07, 6.45) is 3.98. The van der Waals surface area contributed by atoms with Gasteiger partial charge in [-0.15, -0.1) is 0 Å². The summed E-state index contributed by atoms with van der Waals surface area (Å²) in [6, 6.07) is 0.357. The van der Waals surface area contributed by atoms with Crippen molar-refractivity contribution in [3.63, 3.8) is 0 Å². The Morgan fingerprint density at radius 2 is 2.10 bits per heavy atom. The van der Waals surface area contributed by atoms with Gasteiger partial charge >= 0.3 is 0 Å². The van der Waals surface area contributed by atoms with Crippen molar-refractivity contribution in [1.82, 2.24) is 19.8 Å². The lowest BCUT2D eigenvalue weighted by Crippen LogP contribution is -2.45. The Bertz CT molecular complexity index is 559. The SMILES string of the molecule is COCc1c[n+](C(C)C)n(CC(C)c2c[nH+]n(C)n2)n1. The molecule has 1 N–H and O–H groups in total. The van der Waals surface area contributed by atoms with Crippen LogP contribution in [0.25, 0.3) is 0 Å². The minimum atomic E-state index is 0.285. The molecule has 0 aliphatic heterocycles. The first-order valence-electron chi connectivity index (χ1n) is 6.90. The van der Waals surface area contributed by atoms with Crippen molar-refractivity contribution in [3.8, 4) is 0 Å². The van der Waals surface area contributed by atoms with E-state index in [1.807, 2.05) is 24.2 Å². The number of methoxy groups -OCH3 is 1. The Labute approximate surface area is 119 Å². The van der Waals surface area contributed by atoms with Crippen LogP contribution in [0.5, 0.6) is 0 Å². The van der Waals surface area contributed by atoms with Crippen molar-refractivity contribution in [2.75, 3.05) is 7.11 Å². The van der Waals surface area contributed by atoms with Crippen LogP contribution in [-0.2, 0) is 24.9 Å². The van der Waals surface area contributed by atoms with Crippen LogP contribution < -0.4 is 9.78 Å². The molecule has 0 spiro atoms. The highest BCUT2D eigenvalue weighted by Crippen LogP contribution is 2.12. The fourth-order valence-corrected chi connectivity index (χ4v) is 2.18. The Kier molecular flexibility index (Phi) is 4.49. The smallest absolute Gasteiger partial charge is 0.244 e. The third-order valence-corrected chi connectivity index (χ3v) is 3.22. The minimum absolute atomic E-state index is 0.285. The van der Waals surface area contributed by atoms with Crippen molar-refractivity contribution in [2.45, 2.75) is 45.9 Å². The Hall–Kier alpha value is -1.76. The summed E-state index contributed by atoms with van der Waals surface area (Å²) in [5.74, 6) is 0.285. The predicted molar refractivity (Wildman–Crippen MR) is 71.7 cm³/mol. The molecule has 0 amide bonds. The molecular formula is C13H24N6O+2. The molecule has 110 valence electrons. The third-order valence-electron chi connectivity index (χ3n) is 3.22. The maximum absolute atomic E-state index is 5.16. The van der Waals surface area contributed by atoms with Crippen LogP contribution in [0, 0.1) is 0 Å². The molecule has 2 aromatic heterocycles. The highest BCUT2D eigenvalue weighted by Gasteiger charge is 2.24. The van der Waals surface area contributed by atoms with Crippen LogP contribution in [-0.4, -0.2) is 26.9 Å². The average molecular weight is 280 g/mol. The number of aromatic amines is 1. The molecule has 0 saturated carbocycles. The number of rotatable bonds is 6. The number of aromatic nitrogens is 6. The molecule has 0 aliphatic carbocycles. The first-order chi connectivity index (χ1) is 9.51. The largest absolute Gasteiger partial charge is 0.376 e. The molecule has 0 aliphatic rings. The first-order valence-corrected chi connectivity index (χ1v) is 6.90. The maximum Gasteiger partial charge on any atom is 0.244 e. The number of hydrogen-bond donors (Lipinski definition) is 0. The van der Waals surface area contributed by atoms with Crippen LogP contribution >= 0.6 is 0 Å². The number of hydrogen-bond acceptors (Lipinski definition) is 3. The van der Waals surface area contributed by atoms with Gasteiger partial charge in [-0.3, -0.25) is 0 Å². The lowest BCUT2D eigenvalue weighted by molar-refractivity contribution is -0.796. The van der Waals surface area contributed by atoms with Crippen LogP contribution in [0.15, 0.2) is 12.4 Å². The predicted octanol–water partition coefficient (Wildman–Crippen LogP) is 0.249. The molecule has 20 heavy (non-hydrogen) atoms. The minimum Gasteiger partial charge on any atom is -0.376 e. The molecule has 0 radical (unpaired) electrons. The zero-order chi connectivity index (χ0) is 14.7. The molecular weight excluding hydrogens is 256 g/mol. The molecule has 0 saturated heterocycles. The zero-order valence-corrected chi connectivity index (χ0v) is 12.9. The van der Waals surface area contributed by atoms with Gasteiger partial charge in [0.05, 0.1) is 13.0 Å². The van der Waals surface area contributed by atoms with Crippen LogP contribution in [0.1, 0.15) is 44.1 Å². The number of H-pyrrole nitrogens is 1. The molecule has 0 fully saturated rings. The zero-order valence-electron chi connectivity index (χ0n) is 12.9. The highest BCUT2D eigenvalue weighted by molar-refractivity contribution is 4.96. The van der Waals surface area contributed by atoms with Crippen molar-refractivity contribution in [1.29, 1.82) is 0 Å². The van der Waals surface area contributed by atoms with Gasteiger partial charge in [-0.2, -0.15) is 9.78 Å². The molecule has 2 rings (SSSR count). The van der Waals surface area contributed by atoms with Crippen LogP contribution in [0.2, 0.25) is 0 Å². The molecule has 1 atom stereocenters. The number of nitrogens with zero attached hydrogens (tertiary/aromatic N) is 5. The van der Waals surface area contributed by atoms with E-state index in [0.717, 1.165) is 17.9 Å². The van der Waals surface area contributed by atoms with Gasteiger partial charge in [0.1, 0.15) is 19.2 Å². The van der Waals surface area contributed by atoms with E-state index >= 15 is 0 Å². The molecule has 7 nitrogen and oxygen atoms in total. The second-order valence-corrected chi connectivity index (χ2v) is 5.41. The van der Waals surface area contributed by atoms with Gasteiger partial charge in [-0.25, -0.2) is 0 Å². The van der Waals surface area contributed by atoms with Gasteiger partial charge in [0.25, 0.3) is 0 Å². The number of ether oxygens (including phenoxy) is 1. The van der Waals surface area contributed by atoms with E-state index in [1.165, 1.54) is 0 Å². The van der Waals surface area contributed by atoms with Crippen molar-refractivity contribution in [3.05, 3.63) is 23.8 Å². The third kappa shape index (κ3) is 3.22. The van der Waals surface area contributed by atoms with Gasteiger partial charge in [-0.05, 0) is 18.6 Å². The van der Waals surface area contributed by atoms with E-state index in [1.54, 1.807) is 11.9 Å². The molecule has 2 heterocycles. The summed E-state index contributed by atoms with van der Waals surface area (Å²) in [6.45, 7) is 7.76. The van der Waals surface area contributed by atoms with Gasteiger partial charge in [0.15, 0.2) is 12.4 Å².